The molecule has 0 saturated carbocycles. The van der Waals surface area contributed by atoms with Crippen LogP contribution in [0.25, 0.3) is 0 Å². The fourth-order valence-electron chi connectivity index (χ4n) is 2.17. The maximum Gasteiger partial charge on any atom is 0.238 e. The summed E-state index contributed by atoms with van der Waals surface area (Å²) >= 11 is 0. The van der Waals surface area contributed by atoms with Crippen LogP contribution in [-0.4, -0.2) is 61.7 Å². The molecule has 0 aliphatic carbocycles. The van der Waals surface area contributed by atoms with Crippen LogP contribution in [0.3, 0.4) is 0 Å². The Hall–Kier alpha value is -1.21. The van der Waals surface area contributed by atoms with E-state index >= 15 is 0 Å². The van der Waals surface area contributed by atoms with Gasteiger partial charge >= 0.3 is 0 Å². The number of nitrogens with two attached hydrogens (primary N) is 1. The Morgan fingerprint density at radius 3 is 2.12 bits per heavy atom. The first-order valence-electron chi connectivity index (χ1n) is 7.32. The average Bonchev–Trinajstić information content (AvgIpc) is 2.43. The third-order valence-electron chi connectivity index (χ3n) is 3.40. The Balaban J connectivity index is 2.93. The topological polar surface area (TPSA) is 144 Å². The molecular formula is C13H23N3O6S3. The van der Waals surface area contributed by atoms with Crippen molar-refractivity contribution in [2.75, 3.05) is 37.5 Å². The molecule has 25 heavy (non-hydrogen) atoms. The SMILES string of the molecule is CCN(CCCNc1ccc(S(N)(=O)=O)cc1S(C)(=O)=O)S(C)(=O)=O. The highest BCUT2D eigenvalue weighted by Gasteiger charge is 2.18. The zero-order valence-electron chi connectivity index (χ0n) is 14.3. The van der Waals surface area contributed by atoms with Crippen LogP contribution in [-0.2, 0) is 29.9 Å². The number of nitrogens with one attached hydrogen (secondary N) is 1. The number of anilines is 1. The van der Waals surface area contributed by atoms with Crippen molar-refractivity contribution >= 4 is 35.6 Å². The molecule has 0 heterocycles. The van der Waals surface area contributed by atoms with Crippen molar-refractivity contribution in [3.05, 3.63) is 18.2 Å². The largest absolute Gasteiger partial charge is 0.384 e. The molecule has 1 rings (SSSR count). The highest BCUT2D eigenvalue weighted by molar-refractivity contribution is 7.91. The van der Waals surface area contributed by atoms with E-state index in [1.807, 2.05) is 0 Å². The number of sulfonamides is 2. The van der Waals surface area contributed by atoms with Crippen LogP contribution in [0.4, 0.5) is 5.69 Å². The van der Waals surface area contributed by atoms with Gasteiger partial charge in [0.05, 0.1) is 21.7 Å². The molecule has 0 radical (unpaired) electrons. The van der Waals surface area contributed by atoms with Gasteiger partial charge in [-0.1, -0.05) is 6.92 Å². The van der Waals surface area contributed by atoms with Crippen LogP contribution in [0.2, 0.25) is 0 Å². The van der Waals surface area contributed by atoms with Gasteiger partial charge in [0.1, 0.15) is 0 Å². The van der Waals surface area contributed by atoms with Crippen LogP contribution in [0.5, 0.6) is 0 Å². The second kappa shape index (κ2) is 7.99. The predicted molar refractivity (Wildman–Crippen MR) is 96.1 cm³/mol. The Bertz CT molecular complexity index is 924. The fourth-order valence-corrected chi connectivity index (χ4v) is 4.59. The molecule has 0 saturated heterocycles. The molecule has 0 aliphatic rings. The van der Waals surface area contributed by atoms with Crippen molar-refractivity contribution < 1.29 is 25.3 Å². The second-order valence-electron chi connectivity index (χ2n) is 5.51. The lowest BCUT2D eigenvalue weighted by Crippen LogP contribution is -2.31. The summed E-state index contributed by atoms with van der Waals surface area (Å²) in [5.74, 6) is 0. The molecule has 1 aromatic rings. The van der Waals surface area contributed by atoms with Gasteiger partial charge in [0.25, 0.3) is 0 Å². The van der Waals surface area contributed by atoms with Crippen molar-refractivity contribution in [2.24, 2.45) is 5.14 Å². The molecular weight excluding hydrogens is 390 g/mol. The molecule has 0 amide bonds. The summed E-state index contributed by atoms with van der Waals surface area (Å²) in [6.07, 6.45) is 2.53. The molecule has 0 atom stereocenters. The number of hydrogen-bond acceptors (Lipinski definition) is 7. The van der Waals surface area contributed by atoms with Crippen molar-refractivity contribution in [3.63, 3.8) is 0 Å². The van der Waals surface area contributed by atoms with Gasteiger partial charge in [0.15, 0.2) is 9.84 Å². The molecule has 144 valence electrons. The molecule has 3 N–H and O–H groups in total. The molecule has 0 spiro atoms. The Labute approximate surface area is 149 Å². The minimum atomic E-state index is -4.02. The highest BCUT2D eigenvalue weighted by Crippen LogP contribution is 2.24. The van der Waals surface area contributed by atoms with E-state index in [1.165, 1.54) is 16.4 Å². The van der Waals surface area contributed by atoms with Crippen LogP contribution >= 0.6 is 0 Å². The van der Waals surface area contributed by atoms with Crippen LogP contribution in [0.15, 0.2) is 28.0 Å². The maximum absolute atomic E-state index is 11.9. The summed E-state index contributed by atoms with van der Waals surface area (Å²) in [6.45, 7) is 2.66. The van der Waals surface area contributed by atoms with E-state index in [0.717, 1.165) is 18.6 Å². The van der Waals surface area contributed by atoms with Gasteiger partial charge < -0.3 is 5.32 Å². The van der Waals surface area contributed by atoms with E-state index in [2.05, 4.69) is 5.32 Å². The second-order valence-corrected chi connectivity index (χ2v) is 11.0. The summed E-state index contributed by atoms with van der Waals surface area (Å²) in [5, 5.41) is 7.92. The van der Waals surface area contributed by atoms with Crippen molar-refractivity contribution in [1.82, 2.24) is 4.31 Å². The van der Waals surface area contributed by atoms with Gasteiger partial charge in [-0.25, -0.2) is 34.7 Å². The maximum atomic E-state index is 11.9. The summed E-state index contributed by atoms with van der Waals surface area (Å²) in [6, 6.07) is 3.54. The molecule has 0 fully saturated rings. The molecule has 0 bridgehead atoms. The highest BCUT2D eigenvalue weighted by atomic mass is 32.2. The van der Waals surface area contributed by atoms with Crippen LogP contribution in [0, 0.1) is 0 Å². The number of primary sulfonamides is 1. The minimum absolute atomic E-state index is 0.186. The lowest BCUT2D eigenvalue weighted by Gasteiger charge is -2.18. The molecule has 0 aliphatic heterocycles. The first-order valence-corrected chi connectivity index (χ1v) is 12.6. The zero-order chi connectivity index (χ0) is 19.5. The number of hydrogen-bond donors (Lipinski definition) is 2. The predicted octanol–water partition coefficient (Wildman–Crippen LogP) is -0.179. The molecule has 0 aromatic heterocycles. The quantitative estimate of drug-likeness (QED) is 0.534. The van der Waals surface area contributed by atoms with Crippen LogP contribution < -0.4 is 10.5 Å². The standard InChI is InChI=1S/C13H23N3O6S3/c1-4-16(24(3,19)20)9-5-8-15-12-7-6-11(25(14,21)22)10-13(12)23(2,17)18/h6-7,10,15H,4-5,8-9H2,1-3H3,(H2,14,21,22). The van der Waals surface area contributed by atoms with Crippen LogP contribution in [0.1, 0.15) is 13.3 Å². The van der Waals surface area contributed by atoms with E-state index < -0.39 is 29.9 Å². The first-order chi connectivity index (χ1) is 11.3. The van der Waals surface area contributed by atoms with Gasteiger partial charge in [-0.05, 0) is 24.6 Å². The van der Waals surface area contributed by atoms with E-state index in [9.17, 15) is 25.3 Å². The molecule has 1 aromatic carbocycles. The number of nitrogens with zero attached hydrogens (tertiary/aromatic N) is 1. The van der Waals surface area contributed by atoms with E-state index in [-0.39, 0.29) is 22.0 Å². The summed E-state index contributed by atoms with van der Waals surface area (Å²) < 4.78 is 70.9. The number of rotatable bonds is 9. The monoisotopic (exact) mass is 413 g/mol. The molecule has 12 heteroatoms. The lowest BCUT2D eigenvalue weighted by molar-refractivity contribution is 0.428. The van der Waals surface area contributed by atoms with E-state index in [4.69, 9.17) is 5.14 Å². The summed E-state index contributed by atoms with van der Waals surface area (Å²) in [7, 11) is -11.0. The normalized spacial score (nSPS) is 13.2. The van der Waals surface area contributed by atoms with Gasteiger partial charge in [0.2, 0.25) is 20.0 Å². The van der Waals surface area contributed by atoms with Gasteiger partial charge in [-0.3, -0.25) is 0 Å². The van der Waals surface area contributed by atoms with Crippen molar-refractivity contribution in [1.29, 1.82) is 0 Å². The Morgan fingerprint density at radius 2 is 1.68 bits per heavy atom. The summed E-state index contributed by atoms with van der Waals surface area (Å²) in [5.41, 5.74) is 0.234. The van der Waals surface area contributed by atoms with E-state index in [0.29, 0.717) is 19.5 Å². The fraction of sp³-hybridized carbons (Fsp3) is 0.538. The third-order valence-corrected chi connectivity index (χ3v) is 6.83. The summed E-state index contributed by atoms with van der Waals surface area (Å²) in [4.78, 5) is -0.484. The Kier molecular flexibility index (Phi) is 6.98. The molecule has 9 nitrogen and oxygen atoms in total. The first kappa shape index (κ1) is 21.8. The minimum Gasteiger partial charge on any atom is -0.384 e. The lowest BCUT2D eigenvalue weighted by atomic mass is 10.3. The smallest absolute Gasteiger partial charge is 0.238 e. The van der Waals surface area contributed by atoms with Crippen molar-refractivity contribution in [3.8, 4) is 0 Å². The molecule has 0 unspecified atom stereocenters. The number of sulfone groups is 1. The van der Waals surface area contributed by atoms with E-state index in [1.54, 1.807) is 6.92 Å². The number of benzene rings is 1. The average molecular weight is 414 g/mol. The van der Waals surface area contributed by atoms with Gasteiger partial charge in [-0.15, -0.1) is 0 Å². The van der Waals surface area contributed by atoms with Crippen molar-refractivity contribution in [2.45, 2.75) is 23.1 Å². The Morgan fingerprint density at radius 1 is 1.08 bits per heavy atom. The van der Waals surface area contributed by atoms with Gasteiger partial charge in [-0.2, -0.15) is 0 Å². The third kappa shape index (κ3) is 6.55. The van der Waals surface area contributed by atoms with Gasteiger partial charge in [0, 0.05) is 25.9 Å². The zero-order valence-corrected chi connectivity index (χ0v) is 16.7.